The van der Waals surface area contributed by atoms with E-state index in [0.717, 1.165) is 0 Å². The summed E-state index contributed by atoms with van der Waals surface area (Å²) in [6.07, 6.45) is 63.6. The molecule has 0 aliphatic rings. The molecule has 308 valence electrons. The van der Waals surface area contributed by atoms with Crippen LogP contribution in [0.15, 0.2) is 12.4 Å². The van der Waals surface area contributed by atoms with Gasteiger partial charge in [-0.2, -0.15) is 0 Å². The van der Waals surface area contributed by atoms with Gasteiger partial charge < -0.3 is 0 Å². The molecule has 0 amide bonds. The Hall–Kier alpha value is -0.790. The highest BCUT2D eigenvalue weighted by atomic mass is 15.1. The molecule has 0 saturated heterocycles. The second-order valence-corrected chi connectivity index (χ2v) is 17.5. The summed E-state index contributed by atoms with van der Waals surface area (Å²) < 4.78 is 2.66. The zero-order chi connectivity index (χ0) is 37.4. The van der Waals surface area contributed by atoms with Crippen molar-refractivity contribution in [1.29, 1.82) is 0 Å². The Morgan fingerprint density at radius 3 is 0.904 bits per heavy atom. The average Bonchev–Trinajstić information content (AvgIpc) is 3.65. The van der Waals surface area contributed by atoms with Crippen molar-refractivity contribution in [2.75, 3.05) is 0 Å². The van der Waals surface area contributed by atoms with Gasteiger partial charge in [-0.05, 0) is 32.6 Å². The molecule has 1 aromatic rings. The van der Waals surface area contributed by atoms with Crippen molar-refractivity contribution >= 4 is 0 Å². The molecule has 0 saturated carbocycles. The third kappa shape index (κ3) is 30.5. The van der Waals surface area contributed by atoms with Crippen LogP contribution in [-0.4, -0.2) is 4.98 Å². The van der Waals surface area contributed by atoms with Crippen LogP contribution in [-0.2, 0) is 0 Å². The van der Waals surface area contributed by atoms with Crippen molar-refractivity contribution in [3.8, 4) is 0 Å². The van der Waals surface area contributed by atoms with Crippen LogP contribution in [0.2, 0.25) is 0 Å². The molecule has 1 heterocycles. The molecular formula is C50H99N2+. The first-order valence-corrected chi connectivity index (χ1v) is 24.8. The normalized spacial score (nSPS) is 12.9. The summed E-state index contributed by atoms with van der Waals surface area (Å²) in [5.74, 6) is 2.25. The largest absolute Gasteiger partial charge is 0.257 e. The van der Waals surface area contributed by atoms with Gasteiger partial charge in [-0.3, -0.25) is 0 Å². The maximum atomic E-state index is 3.79. The minimum atomic E-state index is 0.616. The smallest absolute Gasteiger partial charge is 0.247 e. The predicted octanol–water partition coefficient (Wildman–Crippen LogP) is 18.0. The van der Waals surface area contributed by atoms with E-state index in [1.54, 1.807) is 5.82 Å². The fraction of sp³-hybridized carbons (Fsp3) is 0.940. The number of nitrogens with zero attached hydrogens (tertiary/aromatic N) is 1. The molecule has 52 heavy (non-hydrogen) atoms. The number of rotatable bonds is 43. The van der Waals surface area contributed by atoms with Crippen LogP contribution in [0, 0.1) is 0 Å². The van der Waals surface area contributed by atoms with E-state index in [-0.39, 0.29) is 0 Å². The second-order valence-electron chi connectivity index (χ2n) is 17.5. The fourth-order valence-electron chi connectivity index (χ4n) is 8.73. The lowest BCUT2D eigenvalue weighted by molar-refractivity contribution is -0.727. The van der Waals surface area contributed by atoms with E-state index in [1.807, 2.05) is 0 Å². The van der Waals surface area contributed by atoms with Crippen molar-refractivity contribution < 1.29 is 4.57 Å². The van der Waals surface area contributed by atoms with Crippen LogP contribution in [0.1, 0.15) is 309 Å². The number of imidazole rings is 1. The summed E-state index contributed by atoms with van der Waals surface area (Å²) in [4.78, 5) is 3.79. The molecule has 2 heteroatoms. The Kier molecular flexibility index (Phi) is 37.8. The number of hydrogen-bond donors (Lipinski definition) is 1. The average molecular weight is 728 g/mol. The highest BCUT2D eigenvalue weighted by Crippen LogP contribution is 2.28. The number of aromatic nitrogens is 2. The first kappa shape index (κ1) is 49.2. The maximum absolute atomic E-state index is 3.79. The number of unbranched alkanes of at least 4 members (excludes halogenated alkanes) is 35. The Labute approximate surface area is 329 Å². The monoisotopic (exact) mass is 728 g/mol. The molecule has 0 spiro atoms. The van der Waals surface area contributed by atoms with Gasteiger partial charge >= 0.3 is 0 Å². The lowest BCUT2D eigenvalue weighted by Gasteiger charge is -2.17. The van der Waals surface area contributed by atoms with Crippen molar-refractivity contribution in [3.63, 3.8) is 0 Å². The molecule has 2 unspecified atom stereocenters. The van der Waals surface area contributed by atoms with Crippen LogP contribution in [0.25, 0.3) is 0 Å². The molecule has 1 rings (SSSR count). The van der Waals surface area contributed by atoms with E-state index in [2.05, 4.69) is 49.6 Å². The molecule has 0 aliphatic heterocycles. The number of nitrogens with one attached hydrogen (secondary N) is 1. The third-order valence-electron chi connectivity index (χ3n) is 12.4. The Morgan fingerprint density at radius 1 is 0.365 bits per heavy atom. The quantitative estimate of drug-likeness (QED) is 0.0510. The van der Waals surface area contributed by atoms with E-state index < -0.39 is 0 Å². The van der Waals surface area contributed by atoms with Crippen LogP contribution in [0.3, 0.4) is 0 Å². The molecule has 0 bridgehead atoms. The van der Waals surface area contributed by atoms with Crippen LogP contribution < -0.4 is 4.57 Å². The summed E-state index contributed by atoms with van der Waals surface area (Å²) in [5, 5.41) is 0. The van der Waals surface area contributed by atoms with Gasteiger partial charge in [-0.15, -0.1) is 0 Å². The summed E-state index contributed by atoms with van der Waals surface area (Å²) in [6.45, 7) is 9.44. The van der Waals surface area contributed by atoms with Gasteiger partial charge in [0.2, 0.25) is 0 Å². The highest BCUT2D eigenvalue weighted by Gasteiger charge is 2.25. The van der Waals surface area contributed by atoms with Crippen LogP contribution in [0.5, 0.6) is 0 Å². The lowest BCUT2D eigenvalue weighted by atomic mass is 9.92. The third-order valence-corrected chi connectivity index (χ3v) is 12.4. The topological polar surface area (TPSA) is 19.7 Å². The van der Waals surface area contributed by atoms with Crippen molar-refractivity contribution in [2.24, 2.45) is 0 Å². The molecule has 2 nitrogen and oxygen atoms in total. The van der Waals surface area contributed by atoms with Gasteiger partial charge in [-0.25, -0.2) is 9.55 Å². The maximum Gasteiger partial charge on any atom is 0.257 e. The van der Waals surface area contributed by atoms with E-state index in [9.17, 15) is 0 Å². The molecular weight excluding hydrogens is 629 g/mol. The van der Waals surface area contributed by atoms with Crippen molar-refractivity contribution in [1.82, 2.24) is 4.98 Å². The number of hydrogen-bond acceptors (Lipinski definition) is 0. The molecule has 1 aromatic heterocycles. The molecule has 1 N–H and O–H groups in total. The molecule has 2 atom stereocenters. The van der Waals surface area contributed by atoms with Gasteiger partial charge in [-0.1, -0.05) is 258 Å². The van der Waals surface area contributed by atoms with Crippen molar-refractivity contribution in [3.05, 3.63) is 18.2 Å². The minimum Gasteiger partial charge on any atom is -0.247 e. The standard InChI is InChI=1S/C50H98N2/c1-5-8-11-14-17-20-23-26-27-30-33-36-39-42-45-49(44-41-38-35-32-29-25-22-19-16-13-10-7-3)50-51-46-47-52(50)48(4)43-40-37-34-31-28-24-21-18-15-12-9-6-2/h46-49H,5-45H2,1-4H3/p+1. The molecule has 0 radical (unpaired) electrons. The van der Waals surface area contributed by atoms with Gasteiger partial charge in [0.05, 0.1) is 12.0 Å². The molecule has 0 fully saturated rings. The molecule has 0 aliphatic carbocycles. The first-order valence-electron chi connectivity index (χ1n) is 24.8. The van der Waals surface area contributed by atoms with Gasteiger partial charge in [0.1, 0.15) is 12.4 Å². The predicted molar refractivity (Wildman–Crippen MR) is 235 cm³/mol. The van der Waals surface area contributed by atoms with E-state index >= 15 is 0 Å². The van der Waals surface area contributed by atoms with Gasteiger partial charge in [0.15, 0.2) is 0 Å². The van der Waals surface area contributed by atoms with Gasteiger partial charge in [0.25, 0.3) is 5.82 Å². The van der Waals surface area contributed by atoms with E-state index in [1.165, 1.54) is 263 Å². The van der Waals surface area contributed by atoms with Crippen LogP contribution in [0.4, 0.5) is 0 Å². The SMILES string of the molecule is CCCCCCCCCCCCCCCCC(CCCCCCCCCCCCCC)c1[nH]cc[n+]1C(C)CCCCCCCCCCCCCC. The fourth-order valence-corrected chi connectivity index (χ4v) is 8.73. The van der Waals surface area contributed by atoms with Crippen LogP contribution >= 0.6 is 0 Å². The van der Waals surface area contributed by atoms with E-state index in [0.29, 0.717) is 12.0 Å². The van der Waals surface area contributed by atoms with Crippen molar-refractivity contribution in [2.45, 2.75) is 303 Å². The zero-order valence-electron chi connectivity index (χ0n) is 36.7. The Morgan fingerprint density at radius 2 is 0.615 bits per heavy atom. The number of H-pyrrole nitrogens is 1. The number of aromatic amines is 1. The Bertz CT molecular complexity index is 798. The summed E-state index contributed by atoms with van der Waals surface area (Å²) >= 11 is 0. The molecule has 0 aromatic carbocycles. The summed E-state index contributed by atoms with van der Waals surface area (Å²) in [5.41, 5.74) is 0. The summed E-state index contributed by atoms with van der Waals surface area (Å²) in [6, 6.07) is 0.616. The minimum absolute atomic E-state index is 0.616. The Balaban J connectivity index is 2.37. The summed E-state index contributed by atoms with van der Waals surface area (Å²) in [7, 11) is 0. The van der Waals surface area contributed by atoms with Gasteiger partial charge in [0, 0.05) is 0 Å². The first-order chi connectivity index (χ1) is 25.7. The zero-order valence-corrected chi connectivity index (χ0v) is 36.7. The van der Waals surface area contributed by atoms with E-state index in [4.69, 9.17) is 0 Å². The highest BCUT2D eigenvalue weighted by molar-refractivity contribution is 4.90. The lowest BCUT2D eigenvalue weighted by Crippen LogP contribution is -2.41. The second kappa shape index (κ2) is 39.9.